The molecule has 2 N–H and O–H groups in total. The van der Waals surface area contributed by atoms with Gasteiger partial charge in [0.05, 0.1) is 32.7 Å². The number of nitrogens with zero attached hydrogens (tertiary/aromatic N) is 4. The molecule has 0 spiro atoms. The molecule has 2 amide bonds. The van der Waals surface area contributed by atoms with Crippen LogP contribution in [0.25, 0.3) is 21.8 Å². The maximum Gasteiger partial charge on any atom is 0.251 e. The lowest BCUT2D eigenvalue weighted by Gasteiger charge is -2.23. The first-order valence-corrected chi connectivity index (χ1v) is 14.7. The molecule has 3 aromatic rings. The standard InChI is InChI=1S/C29H33ClN6O2S/c1-4-8-19(16-31-3)25-21-12-13-23-27(39-29(34-23)32-17(2)37)26(21)36(35-25)24-14-11-18(15-22(24)30)28(38)33-20-9-6-5-7-10-20/h8,11,14-16,20H,4-7,9-10,12-13H2,1-3H3,(H,33,38)(H,32,34,37)/b19-8+,31-16?. The van der Waals surface area contributed by atoms with Gasteiger partial charge in [0.15, 0.2) is 5.13 Å². The highest BCUT2D eigenvalue weighted by Crippen LogP contribution is 2.44. The van der Waals surface area contributed by atoms with Crippen molar-refractivity contribution in [1.82, 2.24) is 20.1 Å². The first kappa shape index (κ1) is 27.3. The van der Waals surface area contributed by atoms with E-state index in [-0.39, 0.29) is 17.9 Å². The van der Waals surface area contributed by atoms with Crippen LogP contribution in [0.2, 0.25) is 5.02 Å². The van der Waals surface area contributed by atoms with Gasteiger partial charge >= 0.3 is 0 Å². The molecular weight excluding hydrogens is 532 g/mol. The minimum absolute atomic E-state index is 0.101. The molecule has 0 saturated heterocycles. The third-order valence-corrected chi connectivity index (χ3v) is 8.46. The van der Waals surface area contributed by atoms with Gasteiger partial charge in [0.2, 0.25) is 5.91 Å². The minimum Gasteiger partial charge on any atom is -0.349 e. The summed E-state index contributed by atoms with van der Waals surface area (Å²) in [4.78, 5) is 34.6. The van der Waals surface area contributed by atoms with Crippen LogP contribution in [0.3, 0.4) is 0 Å². The van der Waals surface area contributed by atoms with Crippen LogP contribution in [0, 0.1) is 0 Å². The van der Waals surface area contributed by atoms with Crippen molar-refractivity contribution < 1.29 is 9.59 Å². The monoisotopic (exact) mass is 564 g/mol. The van der Waals surface area contributed by atoms with Crippen molar-refractivity contribution in [2.75, 3.05) is 12.4 Å². The molecule has 10 heteroatoms. The van der Waals surface area contributed by atoms with Crippen molar-refractivity contribution in [3.05, 3.63) is 51.8 Å². The number of benzene rings is 1. The molecule has 1 aromatic carbocycles. The highest BCUT2D eigenvalue weighted by atomic mass is 35.5. The van der Waals surface area contributed by atoms with Gasteiger partial charge in [-0.05, 0) is 50.3 Å². The van der Waals surface area contributed by atoms with Gasteiger partial charge in [-0.3, -0.25) is 14.6 Å². The number of halogens is 1. The van der Waals surface area contributed by atoms with E-state index < -0.39 is 0 Å². The van der Waals surface area contributed by atoms with Crippen molar-refractivity contribution in [3.8, 4) is 16.3 Å². The lowest BCUT2D eigenvalue weighted by atomic mass is 9.94. The fourth-order valence-electron chi connectivity index (χ4n) is 5.39. The maximum atomic E-state index is 13.0. The Morgan fingerprint density at radius 1 is 1.23 bits per heavy atom. The van der Waals surface area contributed by atoms with E-state index in [0.717, 1.165) is 78.0 Å². The van der Waals surface area contributed by atoms with Gasteiger partial charge < -0.3 is 10.6 Å². The Morgan fingerprint density at radius 2 is 2.03 bits per heavy atom. The van der Waals surface area contributed by atoms with E-state index >= 15 is 0 Å². The van der Waals surface area contributed by atoms with Crippen molar-refractivity contribution in [2.45, 2.75) is 71.3 Å². The van der Waals surface area contributed by atoms with Crippen molar-refractivity contribution in [3.63, 3.8) is 0 Å². The zero-order valence-electron chi connectivity index (χ0n) is 22.5. The van der Waals surface area contributed by atoms with Crippen LogP contribution in [0.4, 0.5) is 5.13 Å². The molecule has 39 heavy (non-hydrogen) atoms. The summed E-state index contributed by atoms with van der Waals surface area (Å²) in [6, 6.07) is 5.61. The van der Waals surface area contributed by atoms with Gasteiger partial charge in [0, 0.05) is 42.9 Å². The number of allylic oxidation sites excluding steroid dienone is 2. The molecule has 204 valence electrons. The van der Waals surface area contributed by atoms with Crippen LogP contribution >= 0.6 is 22.9 Å². The second-order valence-electron chi connectivity index (χ2n) is 9.99. The Balaban J connectivity index is 1.59. The van der Waals surface area contributed by atoms with Crippen LogP contribution in [-0.2, 0) is 17.6 Å². The average molecular weight is 565 g/mol. The quantitative estimate of drug-likeness (QED) is 0.330. The van der Waals surface area contributed by atoms with Crippen LogP contribution < -0.4 is 10.6 Å². The van der Waals surface area contributed by atoms with Gasteiger partial charge in [-0.25, -0.2) is 9.67 Å². The summed E-state index contributed by atoms with van der Waals surface area (Å²) < 4.78 is 1.86. The fraction of sp³-hybridized carbons (Fsp3) is 0.414. The molecule has 0 atom stereocenters. The predicted octanol–water partition coefficient (Wildman–Crippen LogP) is 6.26. The Kier molecular flexibility index (Phi) is 8.28. The van der Waals surface area contributed by atoms with Crippen LogP contribution in [0.1, 0.15) is 79.7 Å². The normalized spacial score (nSPS) is 15.7. The van der Waals surface area contributed by atoms with Gasteiger partial charge in [0.25, 0.3) is 5.91 Å². The molecule has 0 bridgehead atoms. The molecule has 2 aliphatic rings. The molecule has 0 radical (unpaired) electrons. The summed E-state index contributed by atoms with van der Waals surface area (Å²) in [6.45, 7) is 3.56. The van der Waals surface area contributed by atoms with E-state index in [0.29, 0.717) is 21.4 Å². The zero-order chi connectivity index (χ0) is 27.5. The number of aromatic nitrogens is 3. The first-order valence-electron chi connectivity index (χ1n) is 13.5. The average Bonchev–Trinajstić information content (AvgIpc) is 3.49. The van der Waals surface area contributed by atoms with E-state index in [1.165, 1.54) is 24.7 Å². The number of nitrogens with one attached hydrogen (secondary N) is 2. The molecule has 5 rings (SSSR count). The van der Waals surface area contributed by atoms with Crippen molar-refractivity contribution in [1.29, 1.82) is 0 Å². The third kappa shape index (κ3) is 5.70. The van der Waals surface area contributed by atoms with Gasteiger partial charge in [-0.1, -0.05) is 55.2 Å². The molecular formula is C29H33ClN6O2S. The fourth-order valence-corrected chi connectivity index (χ4v) is 6.76. The van der Waals surface area contributed by atoms with E-state index in [4.69, 9.17) is 16.7 Å². The summed E-state index contributed by atoms with van der Waals surface area (Å²) in [5, 5.41) is 12.1. The first-order chi connectivity index (χ1) is 18.9. The maximum absolute atomic E-state index is 13.0. The minimum atomic E-state index is -0.159. The Morgan fingerprint density at radius 3 is 2.72 bits per heavy atom. The Labute approximate surface area is 237 Å². The smallest absolute Gasteiger partial charge is 0.251 e. The molecule has 1 fully saturated rings. The number of aliphatic imine (C=N–C) groups is 1. The molecule has 1 saturated carbocycles. The van der Waals surface area contributed by atoms with E-state index in [9.17, 15) is 9.59 Å². The van der Waals surface area contributed by atoms with Crippen LogP contribution in [0.15, 0.2) is 29.3 Å². The van der Waals surface area contributed by atoms with E-state index in [2.05, 4.69) is 33.6 Å². The summed E-state index contributed by atoms with van der Waals surface area (Å²) in [6.07, 6.45) is 11.9. The number of anilines is 1. The summed E-state index contributed by atoms with van der Waals surface area (Å²) in [5.41, 5.74) is 5.95. The number of hydrogen-bond acceptors (Lipinski definition) is 6. The molecule has 8 nitrogen and oxygen atoms in total. The second kappa shape index (κ2) is 11.8. The Bertz CT molecular complexity index is 1460. The van der Waals surface area contributed by atoms with Gasteiger partial charge in [-0.15, -0.1) is 0 Å². The number of aryl methyl sites for hydroxylation is 1. The van der Waals surface area contributed by atoms with Crippen LogP contribution in [0.5, 0.6) is 0 Å². The summed E-state index contributed by atoms with van der Waals surface area (Å²) in [5.74, 6) is -0.261. The molecule has 0 unspecified atom stereocenters. The highest BCUT2D eigenvalue weighted by molar-refractivity contribution is 7.19. The van der Waals surface area contributed by atoms with Gasteiger partial charge in [0.1, 0.15) is 0 Å². The number of rotatable bonds is 7. The van der Waals surface area contributed by atoms with Crippen molar-refractivity contribution in [2.24, 2.45) is 4.99 Å². The summed E-state index contributed by atoms with van der Waals surface area (Å²) in [7, 11) is 1.75. The molecule has 2 heterocycles. The number of thiazole rings is 1. The summed E-state index contributed by atoms with van der Waals surface area (Å²) >= 11 is 8.29. The highest BCUT2D eigenvalue weighted by Gasteiger charge is 2.31. The third-order valence-electron chi connectivity index (χ3n) is 7.13. The number of amides is 2. The van der Waals surface area contributed by atoms with Crippen LogP contribution in [-0.4, -0.2) is 45.9 Å². The van der Waals surface area contributed by atoms with Crippen molar-refractivity contribution >= 4 is 51.7 Å². The zero-order valence-corrected chi connectivity index (χ0v) is 24.1. The SMILES string of the molecule is CC/C=C(\C=NC)c1nn(-c2ccc(C(=O)NC3CCCCC3)cc2Cl)c2c1CCc1nc(NC(C)=O)sc1-2. The molecule has 2 aromatic heterocycles. The molecule has 0 aliphatic heterocycles. The van der Waals surface area contributed by atoms with E-state index in [1.807, 2.05) is 23.0 Å². The number of hydrogen-bond donors (Lipinski definition) is 2. The number of carbonyl (C=O) groups excluding carboxylic acids is 2. The Hall–Kier alpha value is -3.30. The largest absolute Gasteiger partial charge is 0.349 e. The number of fused-ring (bicyclic) bond motifs is 3. The second-order valence-corrected chi connectivity index (χ2v) is 11.4. The molecule has 2 aliphatic carbocycles. The number of carbonyl (C=O) groups is 2. The predicted molar refractivity (Wildman–Crippen MR) is 158 cm³/mol. The van der Waals surface area contributed by atoms with E-state index in [1.54, 1.807) is 13.1 Å². The lowest BCUT2D eigenvalue weighted by molar-refractivity contribution is -0.114. The lowest BCUT2D eigenvalue weighted by Crippen LogP contribution is -2.36. The van der Waals surface area contributed by atoms with Gasteiger partial charge in [-0.2, -0.15) is 5.10 Å². The topological polar surface area (TPSA) is 101 Å².